The van der Waals surface area contributed by atoms with E-state index >= 15 is 0 Å². The van der Waals surface area contributed by atoms with E-state index in [-0.39, 0.29) is 5.92 Å². The SMILES string of the molecule is [B]C([B])([B])n1nc(C2CCN(C3COC3)CC2)c2cc(-c3nc4cc(C)c([C@H](OC(C)(C)C)C(=O)O)c(-c5ccc(Cl)cc5)c4s3)ccc21. The van der Waals surface area contributed by atoms with Crippen molar-refractivity contribution in [3.8, 4) is 21.7 Å². The highest BCUT2D eigenvalue weighted by Crippen LogP contribution is 2.45. The Balaban J connectivity index is 1.36. The quantitative estimate of drug-likeness (QED) is 0.186. The third kappa shape index (κ3) is 6.70. The van der Waals surface area contributed by atoms with Crippen molar-refractivity contribution in [1.82, 2.24) is 19.7 Å². The number of thiazole rings is 1. The number of benzene rings is 3. The lowest BCUT2D eigenvalue weighted by Crippen LogP contribution is -2.51. The predicted octanol–water partition coefficient (Wildman–Crippen LogP) is 6.53. The zero-order valence-corrected chi connectivity index (χ0v) is 29.6. The van der Waals surface area contributed by atoms with Gasteiger partial charge in [0.15, 0.2) is 6.10 Å². The minimum atomic E-state index is -1.67. The number of rotatable bonds is 8. The molecule has 3 aromatic carbocycles. The topological polar surface area (TPSA) is 89.7 Å². The van der Waals surface area contributed by atoms with E-state index < -0.39 is 22.9 Å². The molecule has 0 bridgehead atoms. The second kappa shape index (κ2) is 12.9. The van der Waals surface area contributed by atoms with Crippen LogP contribution in [0.3, 0.4) is 0 Å². The van der Waals surface area contributed by atoms with Gasteiger partial charge < -0.3 is 14.6 Å². The van der Waals surface area contributed by atoms with E-state index in [0.717, 1.165) is 93.2 Å². The van der Waals surface area contributed by atoms with Crippen LogP contribution in [-0.4, -0.2) is 92.2 Å². The molecule has 2 aromatic heterocycles. The van der Waals surface area contributed by atoms with E-state index in [4.69, 9.17) is 54.7 Å². The molecule has 246 valence electrons. The van der Waals surface area contributed by atoms with Crippen molar-refractivity contribution in [2.75, 3.05) is 26.3 Å². The third-order valence-corrected chi connectivity index (χ3v) is 10.8. The summed E-state index contributed by atoms with van der Waals surface area (Å²) in [7, 11) is 18.6. The molecule has 1 atom stereocenters. The highest BCUT2D eigenvalue weighted by Gasteiger charge is 2.34. The van der Waals surface area contributed by atoms with Gasteiger partial charge in [0.25, 0.3) is 0 Å². The van der Waals surface area contributed by atoms with E-state index in [2.05, 4.69) is 11.0 Å². The van der Waals surface area contributed by atoms with Gasteiger partial charge in [0.05, 0.1) is 69.8 Å². The zero-order chi connectivity index (χ0) is 34.8. The number of carbonyl (C=O) groups is 1. The van der Waals surface area contributed by atoms with Gasteiger partial charge in [0.1, 0.15) is 5.01 Å². The smallest absolute Gasteiger partial charge is 0.337 e. The number of aryl methyl sites for hydroxylation is 1. The molecule has 1 N–H and O–H groups in total. The molecule has 6 radical (unpaired) electrons. The van der Waals surface area contributed by atoms with Gasteiger partial charge in [-0.3, -0.25) is 9.58 Å². The first kappa shape index (κ1) is 34.3. The number of aromatic nitrogens is 3. The second-order valence-electron chi connectivity index (χ2n) is 14.2. The van der Waals surface area contributed by atoms with Crippen molar-refractivity contribution in [2.24, 2.45) is 0 Å². The van der Waals surface area contributed by atoms with E-state index in [9.17, 15) is 9.90 Å². The van der Waals surface area contributed by atoms with Crippen molar-refractivity contribution in [1.29, 1.82) is 0 Å². The van der Waals surface area contributed by atoms with Crippen molar-refractivity contribution in [2.45, 2.75) is 69.4 Å². The molecule has 0 spiro atoms. The van der Waals surface area contributed by atoms with Crippen LogP contribution in [0.4, 0.5) is 0 Å². The Labute approximate surface area is 299 Å². The van der Waals surface area contributed by atoms with Gasteiger partial charge >= 0.3 is 5.97 Å². The number of aliphatic carboxylic acids is 1. The lowest BCUT2D eigenvalue weighted by molar-refractivity contribution is -0.160. The van der Waals surface area contributed by atoms with Crippen LogP contribution in [0, 0.1) is 6.92 Å². The average Bonchev–Trinajstić information content (AvgIpc) is 3.60. The normalized spacial score (nSPS) is 17.5. The number of fused-ring (bicyclic) bond motifs is 2. The Kier molecular flexibility index (Phi) is 9.02. The minimum absolute atomic E-state index is 0.214. The van der Waals surface area contributed by atoms with Crippen molar-refractivity contribution < 1.29 is 19.4 Å². The summed E-state index contributed by atoms with van der Waals surface area (Å²) in [5, 5.41) is 16.0. The van der Waals surface area contributed by atoms with Crippen molar-refractivity contribution in [3.63, 3.8) is 0 Å². The number of hydrogen-bond donors (Lipinski definition) is 1. The summed E-state index contributed by atoms with van der Waals surface area (Å²) < 4.78 is 14.0. The summed E-state index contributed by atoms with van der Waals surface area (Å²) in [5.41, 5.74) is 5.61. The van der Waals surface area contributed by atoms with E-state index in [0.29, 0.717) is 16.6 Å². The molecule has 2 aliphatic rings. The maximum atomic E-state index is 12.8. The molecule has 0 aliphatic carbocycles. The maximum Gasteiger partial charge on any atom is 0.337 e. The standard InChI is InChI=1S/C36H36B3ClN4O4S/c1-19-15-26-32(29(20-5-8-23(40)9-6-20)28(19)31(34(45)46)48-35(2,3)4)49-33(41-26)22-7-10-27-25(16-22)30(42-44(27)36(37,38)39)21-11-13-43(14-12-21)24-17-47-18-24/h5-10,15-16,21,24,31H,11-14,17-18H2,1-4H3,(H,45,46)/t31-/m0/s1. The maximum absolute atomic E-state index is 12.8. The van der Waals surface area contributed by atoms with Crippen LogP contribution in [0.1, 0.15) is 62.5 Å². The van der Waals surface area contributed by atoms with Crippen LogP contribution in [0.15, 0.2) is 48.5 Å². The van der Waals surface area contributed by atoms with E-state index in [1.54, 1.807) is 12.1 Å². The third-order valence-electron chi connectivity index (χ3n) is 9.39. The summed E-state index contributed by atoms with van der Waals surface area (Å²) in [6.45, 7) is 11.0. The van der Waals surface area contributed by atoms with Gasteiger partial charge in [-0.25, -0.2) is 9.78 Å². The van der Waals surface area contributed by atoms with Gasteiger partial charge in [0, 0.05) is 33.0 Å². The molecule has 13 heteroatoms. The first-order chi connectivity index (χ1) is 23.2. The Morgan fingerprint density at radius 1 is 1.06 bits per heavy atom. The summed E-state index contributed by atoms with van der Waals surface area (Å²) in [6.07, 6.45) is 0.709. The number of piperidine rings is 1. The van der Waals surface area contributed by atoms with Crippen LogP contribution in [-0.2, 0) is 19.5 Å². The minimum Gasteiger partial charge on any atom is -0.479 e. The Hall–Kier alpha value is -3.15. The number of likely N-dealkylation sites (tertiary alicyclic amines) is 1. The van der Waals surface area contributed by atoms with E-state index in [1.165, 1.54) is 16.0 Å². The molecule has 8 nitrogen and oxygen atoms in total. The second-order valence-corrected chi connectivity index (χ2v) is 15.7. The zero-order valence-electron chi connectivity index (χ0n) is 28.1. The van der Waals surface area contributed by atoms with Crippen LogP contribution in [0.25, 0.3) is 42.8 Å². The first-order valence-corrected chi connectivity index (χ1v) is 17.7. The van der Waals surface area contributed by atoms with Crippen LogP contribution in [0.2, 0.25) is 5.02 Å². The Bertz CT molecular complexity index is 2040. The Morgan fingerprint density at radius 3 is 2.33 bits per heavy atom. The highest BCUT2D eigenvalue weighted by atomic mass is 35.5. The molecule has 0 unspecified atom stereocenters. The molecule has 2 saturated heterocycles. The molecule has 49 heavy (non-hydrogen) atoms. The summed E-state index contributed by atoms with van der Waals surface area (Å²) >= 11 is 7.79. The van der Waals surface area contributed by atoms with Gasteiger partial charge in [-0.2, -0.15) is 5.10 Å². The highest BCUT2D eigenvalue weighted by molar-refractivity contribution is 7.22. The average molecular weight is 689 g/mol. The fourth-order valence-corrected chi connectivity index (χ4v) is 8.25. The first-order valence-electron chi connectivity index (χ1n) is 16.5. The monoisotopic (exact) mass is 688 g/mol. The number of carboxylic acid groups (broad SMARTS) is 1. The number of hydrogen-bond acceptors (Lipinski definition) is 7. The fourth-order valence-electron chi connectivity index (χ4n) is 7.01. The molecule has 0 amide bonds. The molecule has 5 aromatic rings. The van der Waals surface area contributed by atoms with Gasteiger partial charge in [-0.1, -0.05) is 23.7 Å². The number of ether oxygens (including phenoxy) is 2. The predicted molar refractivity (Wildman–Crippen MR) is 198 cm³/mol. The molecule has 2 aliphatic heterocycles. The molecule has 4 heterocycles. The van der Waals surface area contributed by atoms with Gasteiger partial charge in [-0.15, -0.1) is 11.3 Å². The van der Waals surface area contributed by atoms with Crippen molar-refractivity contribution >= 4 is 73.6 Å². The van der Waals surface area contributed by atoms with Crippen LogP contribution >= 0.6 is 22.9 Å². The molecule has 7 rings (SSSR count). The van der Waals surface area contributed by atoms with Crippen molar-refractivity contribution in [3.05, 3.63) is 70.4 Å². The summed E-state index contributed by atoms with van der Waals surface area (Å²) in [6, 6.07) is 15.9. The van der Waals surface area contributed by atoms with Gasteiger partial charge in [0.2, 0.25) is 0 Å². The molecule has 2 fully saturated rings. The lowest BCUT2D eigenvalue weighted by Gasteiger charge is -2.41. The largest absolute Gasteiger partial charge is 0.479 e. The molecular weight excluding hydrogens is 652 g/mol. The van der Waals surface area contributed by atoms with E-state index in [1.807, 2.05) is 58.0 Å². The summed E-state index contributed by atoms with van der Waals surface area (Å²) in [4.78, 5) is 20.4. The number of nitrogens with zero attached hydrogens (tertiary/aromatic N) is 4. The van der Waals surface area contributed by atoms with Gasteiger partial charge in [-0.05, 0) is 106 Å². The molecular formula is C36H36B3ClN4O4S. The number of halogens is 1. The lowest BCUT2D eigenvalue weighted by atomic mass is 9.49. The molecule has 0 saturated carbocycles. The number of carboxylic acids is 1. The fraction of sp³-hybridized carbons (Fsp3) is 0.417. The summed E-state index contributed by atoms with van der Waals surface area (Å²) in [5.74, 6) is -0.846. The van der Waals surface area contributed by atoms with Crippen LogP contribution < -0.4 is 0 Å². The Morgan fingerprint density at radius 2 is 1.73 bits per heavy atom. The van der Waals surface area contributed by atoms with Crippen LogP contribution in [0.5, 0.6) is 0 Å².